The average Bonchev–Trinajstić information content (AvgIpc) is 2.42. The first-order valence-electron chi connectivity index (χ1n) is 5.27. The minimum atomic E-state index is -0.541. The Labute approximate surface area is 106 Å². The Kier molecular flexibility index (Phi) is 3.79. The maximum absolute atomic E-state index is 11.6. The van der Waals surface area contributed by atoms with E-state index in [1.807, 2.05) is 0 Å². The molecule has 0 fully saturated rings. The van der Waals surface area contributed by atoms with Gasteiger partial charge in [-0.15, -0.1) is 0 Å². The van der Waals surface area contributed by atoms with Crippen molar-refractivity contribution < 1.29 is 23.8 Å². The zero-order valence-electron chi connectivity index (χ0n) is 9.66. The molecule has 0 atom stereocenters. The maximum atomic E-state index is 11.6. The highest BCUT2D eigenvalue weighted by Gasteiger charge is 2.09. The third-order valence-corrected chi connectivity index (χ3v) is 2.24. The number of aliphatic hydroxyl groups is 2. The lowest BCUT2D eigenvalue weighted by Gasteiger charge is -2.04. The van der Waals surface area contributed by atoms with E-state index in [-0.39, 0.29) is 23.0 Å². The monoisotopic (exact) mass is 266 g/mol. The molecule has 0 unspecified atom stereocenters. The topological polar surface area (TPSA) is 110 Å². The van der Waals surface area contributed by atoms with Crippen molar-refractivity contribution in [3.05, 3.63) is 56.6 Å². The highest BCUT2D eigenvalue weighted by atomic mass is 16.5. The Bertz CT molecular complexity index is 623. The first-order valence-corrected chi connectivity index (χ1v) is 5.27. The second-order valence-electron chi connectivity index (χ2n) is 3.57. The summed E-state index contributed by atoms with van der Waals surface area (Å²) in [6.07, 6.45) is 1.99. The van der Waals surface area contributed by atoms with Gasteiger partial charge in [-0.05, 0) is 0 Å². The third kappa shape index (κ3) is 2.90. The van der Waals surface area contributed by atoms with Crippen molar-refractivity contribution in [3.8, 4) is 11.5 Å². The Balaban J connectivity index is 2.31. The molecule has 2 aromatic heterocycles. The van der Waals surface area contributed by atoms with E-state index in [4.69, 9.17) is 23.8 Å². The Morgan fingerprint density at radius 3 is 1.63 bits per heavy atom. The van der Waals surface area contributed by atoms with Crippen molar-refractivity contribution in [3.63, 3.8) is 0 Å². The highest BCUT2D eigenvalue weighted by molar-refractivity contribution is 5.26. The molecule has 0 bridgehead atoms. The van der Waals surface area contributed by atoms with Crippen molar-refractivity contribution in [2.45, 2.75) is 13.2 Å². The summed E-state index contributed by atoms with van der Waals surface area (Å²) >= 11 is 0. The van der Waals surface area contributed by atoms with E-state index in [2.05, 4.69) is 0 Å². The van der Waals surface area contributed by atoms with Gasteiger partial charge in [0.05, 0.1) is 0 Å². The number of rotatable bonds is 4. The second kappa shape index (κ2) is 5.51. The first-order chi connectivity index (χ1) is 9.13. The largest absolute Gasteiger partial charge is 0.463 e. The van der Waals surface area contributed by atoms with E-state index in [1.54, 1.807) is 0 Å². The van der Waals surface area contributed by atoms with E-state index in [0.717, 1.165) is 24.7 Å². The summed E-state index contributed by atoms with van der Waals surface area (Å²) in [6, 6.07) is 2.11. The molecular formula is C12H10O7. The lowest BCUT2D eigenvalue weighted by molar-refractivity contribution is 0.239. The molecule has 2 heterocycles. The Hall–Kier alpha value is -2.38. The zero-order chi connectivity index (χ0) is 13.8. The van der Waals surface area contributed by atoms with Crippen LogP contribution in [-0.2, 0) is 13.2 Å². The summed E-state index contributed by atoms with van der Waals surface area (Å²) < 4.78 is 14.9. The fourth-order valence-electron chi connectivity index (χ4n) is 1.31. The van der Waals surface area contributed by atoms with Gasteiger partial charge in [-0.1, -0.05) is 0 Å². The second-order valence-corrected chi connectivity index (χ2v) is 3.57. The SMILES string of the molecule is O=c1cc(CO)occ1Oc1coc(CO)cc1=O. The predicted octanol–water partition coefficient (Wildman–Crippen LogP) is 0.370. The first kappa shape index (κ1) is 13.1. The number of aliphatic hydroxyl groups excluding tert-OH is 2. The lowest BCUT2D eigenvalue weighted by Crippen LogP contribution is -2.10. The van der Waals surface area contributed by atoms with Crippen molar-refractivity contribution >= 4 is 0 Å². The quantitative estimate of drug-likeness (QED) is 0.822. The van der Waals surface area contributed by atoms with Crippen molar-refractivity contribution in [2.24, 2.45) is 0 Å². The molecule has 0 aliphatic rings. The normalized spacial score (nSPS) is 10.4. The smallest absolute Gasteiger partial charge is 0.227 e. The molecule has 7 heteroatoms. The molecule has 2 N–H and O–H groups in total. The summed E-state index contributed by atoms with van der Waals surface area (Å²) in [5.74, 6) is -0.248. The van der Waals surface area contributed by atoms with Crippen LogP contribution in [0, 0.1) is 0 Å². The molecule has 0 aromatic carbocycles. The fourth-order valence-corrected chi connectivity index (χ4v) is 1.31. The van der Waals surface area contributed by atoms with E-state index >= 15 is 0 Å². The molecule has 0 amide bonds. The van der Waals surface area contributed by atoms with Gasteiger partial charge in [0.1, 0.15) is 37.3 Å². The van der Waals surface area contributed by atoms with Gasteiger partial charge in [0.2, 0.25) is 22.4 Å². The summed E-state index contributed by atoms with van der Waals surface area (Å²) in [5, 5.41) is 17.6. The van der Waals surface area contributed by atoms with Crippen LogP contribution in [0.5, 0.6) is 11.5 Å². The van der Waals surface area contributed by atoms with Crippen LogP contribution in [0.2, 0.25) is 0 Å². The van der Waals surface area contributed by atoms with Crippen LogP contribution in [0.3, 0.4) is 0 Å². The number of ether oxygens (including phenoxy) is 1. The molecule has 19 heavy (non-hydrogen) atoms. The molecule has 0 aliphatic heterocycles. The predicted molar refractivity (Wildman–Crippen MR) is 61.9 cm³/mol. The van der Waals surface area contributed by atoms with Crippen LogP contribution in [0.15, 0.2) is 43.1 Å². The van der Waals surface area contributed by atoms with Crippen LogP contribution in [0.1, 0.15) is 11.5 Å². The van der Waals surface area contributed by atoms with Crippen molar-refractivity contribution in [1.82, 2.24) is 0 Å². The van der Waals surface area contributed by atoms with E-state index in [9.17, 15) is 9.59 Å². The minimum Gasteiger partial charge on any atom is -0.463 e. The van der Waals surface area contributed by atoms with Gasteiger partial charge in [0.25, 0.3) is 0 Å². The van der Waals surface area contributed by atoms with Crippen LogP contribution in [0.25, 0.3) is 0 Å². The number of hydrogen-bond donors (Lipinski definition) is 2. The molecule has 100 valence electrons. The summed E-state index contributed by atoms with van der Waals surface area (Å²) in [4.78, 5) is 23.1. The molecule has 2 aromatic rings. The summed E-state index contributed by atoms with van der Waals surface area (Å²) in [5.41, 5.74) is -1.08. The Morgan fingerprint density at radius 1 is 0.895 bits per heavy atom. The van der Waals surface area contributed by atoms with E-state index in [0.29, 0.717) is 0 Å². The number of hydrogen-bond acceptors (Lipinski definition) is 7. The lowest BCUT2D eigenvalue weighted by atomic mass is 10.3. The van der Waals surface area contributed by atoms with Gasteiger partial charge < -0.3 is 23.8 Å². The van der Waals surface area contributed by atoms with Crippen LogP contribution in [0.4, 0.5) is 0 Å². The van der Waals surface area contributed by atoms with Gasteiger partial charge in [0, 0.05) is 12.1 Å². The zero-order valence-corrected chi connectivity index (χ0v) is 9.66. The Morgan fingerprint density at radius 2 is 1.32 bits per heavy atom. The molecule has 0 saturated heterocycles. The third-order valence-electron chi connectivity index (χ3n) is 2.24. The van der Waals surface area contributed by atoms with Gasteiger partial charge in [-0.25, -0.2) is 0 Å². The van der Waals surface area contributed by atoms with Gasteiger partial charge in [-0.2, -0.15) is 0 Å². The fraction of sp³-hybridized carbons (Fsp3) is 0.167. The van der Waals surface area contributed by atoms with Gasteiger partial charge >= 0.3 is 0 Å². The van der Waals surface area contributed by atoms with Crippen LogP contribution < -0.4 is 15.6 Å². The molecule has 0 spiro atoms. The molecule has 2 rings (SSSR count). The van der Waals surface area contributed by atoms with Crippen LogP contribution in [-0.4, -0.2) is 10.2 Å². The molecule has 0 aliphatic carbocycles. The molecular weight excluding hydrogens is 256 g/mol. The highest BCUT2D eigenvalue weighted by Crippen LogP contribution is 2.15. The summed E-state index contributed by atoms with van der Waals surface area (Å²) in [6.45, 7) is -0.828. The van der Waals surface area contributed by atoms with Gasteiger partial charge in [-0.3, -0.25) is 9.59 Å². The van der Waals surface area contributed by atoms with E-state index < -0.39 is 24.1 Å². The van der Waals surface area contributed by atoms with E-state index in [1.165, 1.54) is 0 Å². The minimum absolute atomic E-state index is 0.0833. The standard InChI is InChI=1S/C12H10O7/c13-3-7-1-9(15)11(5-17-7)19-12-6-18-8(4-14)2-10(12)16/h1-2,5-6,13-14H,3-4H2. The van der Waals surface area contributed by atoms with Crippen molar-refractivity contribution in [1.29, 1.82) is 0 Å². The molecule has 0 saturated carbocycles. The van der Waals surface area contributed by atoms with Gasteiger partial charge in [0.15, 0.2) is 0 Å². The molecule has 7 nitrogen and oxygen atoms in total. The maximum Gasteiger partial charge on any atom is 0.227 e. The van der Waals surface area contributed by atoms with Crippen LogP contribution >= 0.6 is 0 Å². The summed E-state index contributed by atoms with van der Waals surface area (Å²) in [7, 11) is 0. The van der Waals surface area contributed by atoms with Crippen molar-refractivity contribution in [2.75, 3.05) is 0 Å². The molecule has 0 radical (unpaired) electrons. The average molecular weight is 266 g/mol.